The Balaban J connectivity index is 1.57. The number of nitrogens with zero attached hydrogens (tertiary/aromatic N) is 2. The first-order valence-electron chi connectivity index (χ1n) is 8.69. The molecule has 0 bridgehead atoms. The number of carbonyl (C=O) groups is 1. The summed E-state index contributed by atoms with van der Waals surface area (Å²) in [6, 6.07) is 23.2. The highest BCUT2D eigenvalue weighted by molar-refractivity contribution is 5.78. The zero-order chi connectivity index (χ0) is 18.6. The summed E-state index contributed by atoms with van der Waals surface area (Å²) in [5.41, 5.74) is 2.86. The van der Waals surface area contributed by atoms with Crippen molar-refractivity contribution in [2.75, 3.05) is 0 Å². The van der Waals surface area contributed by atoms with Crippen LogP contribution < -0.4 is 4.74 Å². The predicted molar refractivity (Wildman–Crippen MR) is 101 cm³/mol. The van der Waals surface area contributed by atoms with Crippen LogP contribution in [-0.4, -0.2) is 15.5 Å². The molecule has 0 fully saturated rings. The molecule has 0 saturated carbocycles. The van der Waals surface area contributed by atoms with Crippen molar-refractivity contribution in [1.82, 2.24) is 9.55 Å². The van der Waals surface area contributed by atoms with Crippen LogP contribution in [0.2, 0.25) is 0 Å². The van der Waals surface area contributed by atoms with Crippen molar-refractivity contribution in [1.29, 1.82) is 0 Å². The number of rotatable bonds is 5. The van der Waals surface area contributed by atoms with E-state index in [0.29, 0.717) is 12.2 Å². The molecule has 0 amide bonds. The number of carbonyl (C=O) groups excluding carboxylic acids is 1. The molecule has 134 valence electrons. The van der Waals surface area contributed by atoms with Crippen molar-refractivity contribution >= 4 is 17.0 Å². The molecule has 0 aliphatic heterocycles. The second-order valence-electron chi connectivity index (χ2n) is 6.12. The van der Waals surface area contributed by atoms with E-state index in [9.17, 15) is 9.18 Å². The summed E-state index contributed by atoms with van der Waals surface area (Å²) in [4.78, 5) is 16.9. The van der Waals surface area contributed by atoms with Crippen molar-refractivity contribution in [3.63, 3.8) is 0 Å². The fourth-order valence-corrected chi connectivity index (χ4v) is 3.01. The van der Waals surface area contributed by atoms with E-state index in [1.807, 2.05) is 54.6 Å². The zero-order valence-corrected chi connectivity index (χ0v) is 14.5. The number of benzene rings is 3. The van der Waals surface area contributed by atoms with Gasteiger partial charge in [0.05, 0.1) is 17.5 Å². The SMILES string of the molecule is O=C(CCc1nc2ccccc2n1-c1ccccc1)Oc1ccc(F)cc1. The monoisotopic (exact) mass is 360 g/mol. The van der Waals surface area contributed by atoms with Crippen LogP contribution in [0.1, 0.15) is 12.2 Å². The molecule has 4 aromatic rings. The maximum absolute atomic E-state index is 12.9. The normalized spacial score (nSPS) is 10.9. The van der Waals surface area contributed by atoms with Crippen molar-refractivity contribution in [2.45, 2.75) is 12.8 Å². The number of ether oxygens (including phenoxy) is 1. The third-order valence-electron chi connectivity index (χ3n) is 4.24. The average Bonchev–Trinajstić information content (AvgIpc) is 3.07. The van der Waals surface area contributed by atoms with E-state index >= 15 is 0 Å². The zero-order valence-electron chi connectivity index (χ0n) is 14.5. The summed E-state index contributed by atoms with van der Waals surface area (Å²) in [5, 5.41) is 0. The van der Waals surface area contributed by atoms with Gasteiger partial charge in [0.15, 0.2) is 0 Å². The summed E-state index contributed by atoms with van der Waals surface area (Å²) < 4.78 is 20.3. The molecule has 0 saturated heterocycles. The van der Waals surface area contributed by atoms with Crippen molar-refractivity contribution in [3.05, 3.63) is 90.5 Å². The Kier molecular flexibility index (Phi) is 4.66. The van der Waals surface area contributed by atoms with Gasteiger partial charge in [-0.3, -0.25) is 9.36 Å². The second kappa shape index (κ2) is 7.41. The van der Waals surface area contributed by atoms with Gasteiger partial charge in [-0.2, -0.15) is 0 Å². The first-order valence-corrected chi connectivity index (χ1v) is 8.69. The van der Waals surface area contributed by atoms with E-state index in [1.165, 1.54) is 24.3 Å². The van der Waals surface area contributed by atoms with Gasteiger partial charge in [0.1, 0.15) is 17.4 Å². The molecule has 0 radical (unpaired) electrons. The first-order chi connectivity index (χ1) is 13.2. The lowest BCUT2D eigenvalue weighted by molar-refractivity contribution is -0.134. The molecular weight excluding hydrogens is 343 g/mol. The maximum atomic E-state index is 12.9. The molecule has 0 N–H and O–H groups in total. The van der Waals surface area contributed by atoms with Gasteiger partial charge < -0.3 is 4.74 Å². The van der Waals surface area contributed by atoms with Gasteiger partial charge in [-0.1, -0.05) is 30.3 Å². The van der Waals surface area contributed by atoms with Crippen LogP contribution in [0.5, 0.6) is 5.75 Å². The summed E-state index contributed by atoms with van der Waals surface area (Å²) in [6.45, 7) is 0. The molecule has 27 heavy (non-hydrogen) atoms. The molecule has 1 heterocycles. The van der Waals surface area contributed by atoms with Gasteiger partial charge >= 0.3 is 5.97 Å². The van der Waals surface area contributed by atoms with Gasteiger partial charge in [-0.25, -0.2) is 9.37 Å². The highest BCUT2D eigenvalue weighted by Crippen LogP contribution is 2.22. The maximum Gasteiger partial charge on any atom is 0.311 e. The molecule has 4 nitrogen and oxygen atoms in total. The number of esters is 1. The quantitative estimate of drug-likeness (QED) is 0.383. The van der Waals surface area contributed by atoms with Crippen LogP contribution >= 0.6 is 0 Å². The number of para-hydroxylation sites is 3. The van der Waals surface area contributed by atoms with Crippen molar-refractivity contribution in [2.24, 2.45) is 0 Å². The van der Waals surface area contributed by atoms with Gasteiger partial charge in [-0.15, -0.1) is 0 Å². The third kappa shape index (κ3) is 3.72. The Morgan fingerprint density at radius 2 is 1.63 bits per heavy atom. The molecule has 0 aliphatic rings. The lowest BCUT2D eigenvalue weighted by atomic mass is 10.2. The van der Waals surface area contributed by atoms with Gasteiger partial charge in [0.25, 0.3) is 0 Å². The third-order valence-corrected chi connectivity index (χ3v) is 4.24. The van der Waals surface area contributed by atoms with Crippen LogP contribution in [-0.2, 0) is 11.2 Å². The topological polar surface area (TPSA) is 44.1 Å². The number of aryl methyl sites for hydroxylation is 1. The number of halogens is 1. The first kappa shape index (κ1) is 17.0. The van der Waals surface area contributed by atoms with Crippen molar-refractivity contribution in [3.8, 4) is 11.4 Å². The number of hydrogen-bond donors (Lipinski definition) is 0. The Labute approximate surface area is 155 Å². The molecule has 1 aromatic heterocycles. The molecule has 0 unspecified atom stereocenters. The Bertz CT molecular complexity index is 1070. The second-order valence-corrected chi connectivity index (χ2v) is 6.12. The summed E-state index contributed by atoms with van der Waals surface area (Å²) in [6.07, 6.45) is 0.608. The van der Waals surface area contributed by atoms with E-state index in [-0.39, 0.29) is 18.2 Å². The van der Waals surface area contributed by atoms with E-state index in [1.54, 1.807) is 0 Å². The smallest absolute Gasteiger partial charge is 0.311 e. The molecule has 4 rings (SSSR count). The van der Waals surface area contributed by atoms with Gasteiger partial charge in [0, 0.05) is 12.1 Å². The number of imidazole rings is 1. The molecule has 5 heteroatoms. The van der Waals surface area contributed by atoms with Crippen LogP contribution in [0.15, 0.2) is 78.9 Å². The molecule has 3 aromatic carbocycles. The fourth-order valence-electron chi connectivity index (χ4n) is 3.01. The van der Waals surface area contributed by atoms with E-state index in [0.717, 1.165) is 22.5 Å². The van der Waals surface area contributed by atoms with E-state index in [2.05, 4.69) is 9.55 Å². The van der Waals surface area contributed by atoms with Crippen LogP contribution in [0.3, 0.4) is 0 Å². The summed E-state index contributed by atoms with van der Waals surface area (Å²) in [7, 11) is 0. The van der Waals surface area contributed by atoms with Crippen LogP contribution in [0, 0.1) is 5.82 Å². The van der Waals surface area contributed by atoms with Crippen LogP contribution in [0.25, 0.3) is 16.7 Å². The fraction of sp³-hybridized carbons (Fsp3) is 0.0909. The van der Waals surface area contributed by atoms with Crippen LogP contribution in [0.4, 0.5) is 4.39 Å². The Hall–Kier alpha value is -3.47. The van der Waals surface area contributed by atoms with Gasteiger partial charge in [0.2, 0.25) is 0 Å². The predicted octanol–water partition coefficient (Wildman–Crippen LogP) is 4.70. The summed E-state index contributed by atoms with van der Waals surface area (Å²) >= 11 is 0. The lowest BCUT2D eigenvalue weighted by Gasteiger charge is -2.09. The number of hydrogen-bond acceptors (Lipinski definition) is 3. The minimum Gasteiger partial charge on any atom is -0.427 e. The van der Waals surface area contributed by atoms with E-state index < -0.39 is 0 Å². The minimum atomic E-state index is -0.381. The number of aromatic nitrogens is 2. The highest BCUT2D eigenvalue weighted by Gasteiger charge is 2.14. The van der Waals surface area contributed by atoms with Gasteiger partial charge in [-0.05, 0) is 48.5 Å². The largest absolute Gasteiger partial charge is 0.427 e. The molecular formula is C22H17FN2O2. The average molecular weight is 360 g/mol. The molecule has 0 aliphatic carbocycles. The highest BCUT2D eigenvalue weighted by atomic mass is 19.1. The Morgan fingerprint density at radius 1 is 0.926 bits per heavy atom. The standard InChI is InChI=1S/C22H17FN2O2/c23-16-10-12-18(13-11-16)27-22(26)15-14-21-24-19-8-4-5-9-20(19)25(21)17-6-2-1-3-7-17/h1-13H,14-15H2. The molecule has 0 spiro atoms. The van der Waals surface area contributed by atoms with Crippen molar-refractivity contribution < 1.29 is 13.9 Å². The summed E-state index contributed by atoms with van der Waals surface area (Å²) in [5.74, 6) is 0.371. The van der Waals surface area contributed by atoms with E-state index in [4.69, 9.17) is 4.74 Å². The minimum absolute atomic E-state index is 0.174. The molecule has 0 atom stereocenters. The lowest BCUT2D eigenvalue weighted by Crippen LogP contribution is -2.11. The number of fused-ring (bicyclic) bond motifs is 1. The Morgan fingerprint density at radius 3 is 2.41 bits per heavy atom.